The van der Waals surface area contributed by atoms with Crippen molar-refractivity contribution in [2.45, 2.75) is 11.9 Å². The predicted octanol–water partition coefficient (Wildman–Crippen LogP) is 1.23. The van der Waals surface area contributed by atoms with Crippen LogP contribution in [0.3, 0.4) is 0 Å². The largest absolute Gasteiger partial charge is 0.506 e. The number of hydrogen-bond donors (Lipinski definition) is 2. The fraction of sp³-hybridized carbons (Fsp3) is 0.182. The van der Waals surface area contributed by atoms with Crippen molar-refractivity contribution in [3.05, 3.63) is 36.3 Å². The van der Waals surface area contributed by atoms with Crippen molar-refractivity contribution in [3.8, 4) is 5.75 Å². The second-order valence-electron chi connectivity index (χ2n) is 4.00. The van der Waals surface area contributed by atoms with E-state index in [0.717, 1.165) is 5.56 Å². The maximum atomic E-state index is 12.0. The average molecular weight is 267 g/mol. The monoisotopic (exact) mass is 267 g/mol. The predicted molar refractivity (Wildman–Crippen MR) is 66.9 cm³/mol. The van der Waals surface area contributed by atoms with E-state index in [4.69, 9.17) is 0 Å². The van der Waals surface area contributed by atoms with Crippen LogP contribution >= 0.6 is 0 Å². The molecule has 0 radical (unpaired) electrons. The molecule has 0 saturated carbocycles. The number of nitrogens with zero attached hydrogens (tertiary/aromatic N) is 2. The van der Waals surface area contributed by atoms with Crippen molar-refractivity contribution in [1.82, 2.24) is 9.55 Å². The maximum absolute atomic E-state index is 12.0. The standard InChI is InChI=1S/C11H13N3O3S/c1-8-3-4-10(15)9(5-8)13-18(16,17)11-6-14(2)7-12-11/h3-7,13,15H,1-2H3. The normalized spacial score (nSPS) is 11.4. The Morgan fingerprint density at radius 3 is 2.72 bits per heavy atom. The smallest absolute Gasteiger partial charge is 0.281 e. The van der Waals surface area contributed by atoms with Crippen LogP contribution in [-0.2, 0) is 17.1 Å². The fourth-order valence-corrected chi connectivity index (χ4v) is 2.50. The van der Waals surface area contributed by atoms with Gasteiger partial charge in [0.1, 0.15) is 5.75 Å². The molecule has 0 aliphatic carbocycles. The number of aryl methyl sites for hydroxylation is 2. The van der Waals surface area contributed by atoms with Crippen molar-refractivity contribution in [2.75, 3.05) is 4.72 Å². The van der Waals surface area contributed by atoms with Crippen LogP contribution in [-0.4, -0.2) is 23.1 Å². The molecule has 1 heterocycles. The van der Waals surface area contributed by atoms with Gasteiger partial charge in [-0.25, -0.2) is 4.98 Å². The van der Waals surface area contributed by atoms with Gasteiger partial charge in [-0.2, -0.15) is 8.42 Å². The van der Waals surface area contributed by atoms with E-state index < -0.39 is 10.0 Å². The van der Waals surface area contributed by atoms with Gasteiger partial charge in [-0.05, 0) is 24.6 Å². The first kappa shape index (κ1) is 12.4. The van der Waals surface area contributed by atoms with Crippen LogP contribution in [0.2, 0.25) is 0 Å². The highest BCUT2D eigenvalue weighted by Gasteiger charge is 2.18. The summed E-state index contributed by atoms with van der Waals surface area (Å²) in [4.78, 5) is 3.77. The quantitative estimate of drug-likeness (QED) is 0.819. The number of imidazole rings is 1. The number of sulfonamides is 1. The molecule has 96 valence electrons. The Bertz CT molecular complexity index is 677. The molecular weight excluding hydrogens is 254 g/mol. The van der Waals surface area contributed by atoms with Gasteiger partial charge in [-0.3, -0.25) is 4.72 Å². The second-order valence-corrected chi connectivity index (χ2v) is 5.63. The van der Waals surface area contributed by atoms with E-state index in [1.807, 2.05) is 0 Å². The number of phenolic OH excluding ortho intramolecular Hbond substituents is 1. The maximum Gasteiger partial charge on any atom is 0.281 e. The van der Waals surface area contributed by atoms with Gasteiger partial charge in [-0.15, -0.1) is 0 Å². The molecule has 0 atom stereocenters. The summed E-state index contributed by atoms with van der Waals surface area (Å²) in [6.45, 7) is 1.80. The number of nitrogens with one attached hydrogen (secondary N) is 1. The summed E-state index contributed by atoms with van der Waals surface area (Å²) >= 11 is 0. The lowest BCUT2D eigenvalue weighted by molar-refractivity contribution is 0.477. The molecule has 0 amide bonds. The average Bonchev–Trinajstić information content (AvgIpc) is 2.71. The highest BCUT2D eigenvalue weighted by molar-refractivity contribution is 7.92. The van der Waals surface area contributed by atoms with Crippen LogP contribution in [0, 0.1) is 6.92 Å². The molecule has 0 saturated heterocycles. The van der Waals surface area contributed by atoms with Gasteiger partial charge < -0.3 is 9.67 Å². The van der Waals surface area contributed by atoms with Crippen LogP contribution in [0.5, 0.6) is 5.75 Å². The van der Waals surface area contributed by atoms with E-state index in [1.54, 1.807) is 26.1 Å². The van der Waals surface area contributed by atoms with E-state index in [1.165, 1.54) is 23.2 Å². The first-order valence-electron chi connectivity index (χ1n) is 5.19. The summed E-state index contributed by atoms with van der Waals surface area (Å²) in [6, 6.07) is 4.68. The SMILES string of the molecule is Cc1ccc(O)c(NS(=O)(=O)c2cn(C)cn2)c1. The number of hydrogen-bond acceptors (Lipinski definition) is 4. The van der Waals surface area contributed by atoms with E-state index >= 15 is 0 Å². The van der Waals surface area contributed by atoms with Crippen LogP contribution in [0.15, 0.2) is 35.7 Å². The Morgan fingerprint density at radius 1 is 1.39 bits per heavy atom. The zero-order chi connectivity index (χ0) is 13.3. The number of phenols is 1. The Balaban J connectivity index is 2.36. The number of rotatable bonds is 3. The Hall–Kier alpha value is -2.02. The number of anilines is 1. The molecule has 0 aliphatic heterocycles. The third-order valence-electron chi connectivity index (χ3n) is 2.35. The van der Waals surface area contributed by atoms with Crippen molar-refractivity contribution >= 4 is 15.7 Å². The van der Waals surface area contributed by atoms with Crippen LogP contribution in [0.25, 0.3) is 0 Å². The topological polar surface area (TPSA) is 84.2 Å². The molecule has 2 rings (SSSR count). The van der Waals surface area contributed by atoms with Crippen LogP contribution in [0.4, 0.5) is 5.69 Å². The Labute approximate surface area is 105 Å². The molecule has 6 nitrogen and oxygen atoms in total. The molecule has 0 spiro atoms. The minimum absolute atomic E-state index is 0.0918. The van der Waals surface area contributed by atoms with E-state index in [-0.39, 0.29) is 16.5 Å². The summed E-state index contributed by atoms with van der Waals surface area (Å²) in [5.41, 5.74) is 0.979. The third kappa shape index (κ3) is 2.45. The molecule has 0 fully saturated rings. The Morgan fingerprint density at radius 2 is 2.11 bits per heavy atom. The van der Waals surface area contributed by atoms with Gasteiger partial charge in [-0.1, -0.05) is 6.07 Å². The van der Waals surface area contributed by atoms with E-state index in [0.29, 0.717) is 0 Å². The fourth-order valence-electron chi connectivity index (χ4n) is 1.46. The molecule has 18 heavy (non-hydrogen) atoms. The lowest BCUT2D eigenvalue weighted by atomic mass is 10.2. The minimum atomic E-state index is -3.77. The van der Waals surface area contributed by atoms with E-state index in [9.17, 15) is 13.5 Å². The molecule has 0 unspecified atom stereocenters. The summed E-state index contributed by atoms with van der Waals surface area (Å²) in [7, 11) is -2.10. The Kier molecular flexibility index (Phi) is 3.00. The highest BCUT2D eigenvalue weighted by Crippen LogP contribution is 2.26. The van der Waals surface area contributed by atoms with Crippen molar-refractivity contribution in [1.29, 1.82) is 0 Å². The molecule has 2 N–H and O–H groups in total. The first-order valence-corrected chi connectivity index (χ1v) is 6.67. The van der Waals surface area contributed by atoms with Crippen molar-refractivity contribution in [2.24, 2.45) is 7.05 Å². The number of aromatic hydroxyl groups is 1. The summed E-state index contributed by atoms with van der Waals surface area (Å²) in [5, 5.41) is 9.51. The summed E-state index contributed by atoms with van der Waals surface area (Å²) in [5.74, 6) is -0.125. The van der Waals surface area contributed by atoms with Crippen molar-refractivity contribution in [3.63, 3.8) is 0 Å². The molecule has 0 bridgehead atoms. The molecular formula is C11H13N3O3S. The molecule has 1 aromatic heterocycles. The molecule has 7 heteroatoms. The second kappa shape index (κ2) is 4.34. The molecule has 0 aliphatic rings. The lowest BCUT2D eigenvalue weighted by Gasteiger charge is -2.08. The number of benzene rings is 1. The third-order valence-corrected chi connectivity index (χ3v) is 3.60. The van der Waals surface area contributed by atoms with Crippen LogP contribution < -0.4 is 4.72 Å². The summed E-state index contributed by atoms with van der Waals surface area (Å²) < 4.78 is 27.8. The van der Waals surface area contributed by atoms with Crippen LogP contribution in [0.1, 0.15) is 5.56 Å². The van der Waals surface area contributed by atoms with E-state index in [2.05, 4.69) is 9.71 Å². The van der Waals surface area contributed by atoms with Gasteiger partial charge in [0.05, 0.1) is 12.0 Å². The first-order chi connectivity index (χ1) is 8.38. The zero-order valence-electron chi connectivity index (χ0n) is 9.95. The lowest BCUT2D eigenvalue weighted by Crippen LogP contribution is -2.13. The van der Waals surface area contributed by atoms with Gasteiger partial charge in [0.15, 0.2) is 5.03 Å². The van der Waals surface area contributed by atoms with Gasteiger partial charge >= 0.3 is 0 Å². The molecule has 2 aromatic rings. The summed E-state index contributed by atoms with van der Waals surface area (Å²) in [6.07, 6.45) is 2.78. The number of aromatic nitrogens is 2. The van der Waals surface area contributed by atoms with Gasteiger partial charge in [0, 0.05) is 13.2 Å². The minimum Gasteiger partial charge on any atom is -0.506 e. The molecule has 1 aromatic carbocycles. The van der Waals surface area contributed by atoms with Gasteiger partial charge in [0.2, 0.25) is 0 Å². The highest BCUT2D eigenvalue weighted by atomic mass is 32.2. The zero-order valence-corrected chi connectivity index (χ0v) is 10.8. The van der Waals surface area contributed by atoms with Gasteiger partial charge in [0.25, 0.3) is 10.0 Å². The van der Waals surface area contributed by atoms with Crippen molar-refractivity contribution < 1.29 is 13.5 Å².